The minimum Gasteiger partial charge on any atom is -0.462 e. The molecular weight excluding hydrogens is 829 g/mol. The lowest BCUT2D eigenvalue weighted by atomic mass is 10.0. The van der Waals surface area contributed by atoms with E-state index in [-0.39, 0.29) is 37.5 Å². The molecule has 0 aromatic carbocycles. The van der Waals surface area contributed by atoms with Crippen molar-refractivity contribution >= 4 is 17.9 Å². The van der Waals surface area contributed by atoms with Crippen molar-refractivity contribution in [2.45, 2.75) is 297 Å². The second-order valence-corrected chi connectivity index (χ2v) is 19.2. The fraction of sp³-hybridized carbons (Fsp3) is 0.787. The molecule has 0 aromatic heterocycles. The minimum atomic E-state index is -0.796. The van der Waals surface area contributed by atoms with Crippen LogP contribution in [0.5, 0.6) is 0 Å². The minimum absolute atomic E-state index is 0.0902. The van der Waals surface area contributed by atoms with Gasteiger partial charge in [0.15, 0.2) is 6.10 Å². The Kier molecular flexibility index (Phi) is 53.3. The van der Waals surface area contributed by atoms with Crippen LogP contribution in [-0.2, 0) is 28.6 Å². The molecule has 0 aromatic rings. The lowest BCUT2D eigenvalue weighted by molar-refractivity contribution is -0.167. The largest absolute Gasteiger partial charge is 0.462 e. The first-order valence-electron chi connectivity index (χ1n) is 28.8. The Hall–Kier alpha value is -2.89. The summed E-state index contributed by atoms with van der Waals surface area (Å²) >= 11 is 0. The monoisotopic (exact) mass is 937 g/mol. The topological polar surface area (TPSA) is 78.9 Å². The second kappa shape index (κ2) is 55.7. The van der Waals surface area contributed by atoms with Crippen LogP contribution in [0.15, 0.2) is 60.8 Å². The summed E-state index contributed by atoms with van der Waals surface area (Å²) in [5, 5.41) is 0. The molecule has 0 saturated heterocycles. The van der Waals surface area contributed by atoms with Crippen LogP contribution in [0.4, 0.5) is 0 Å². The van der Waals surface area contributed by atoms with Crippen LogP contribution in [-0.4, -0.2) is 37.2 Å². The maximum atomic E-state index is 12.8. The molecule has 67 heavy (non-hydrogen) atoms. The van der Waals surface area contributed by atoms with Crippen molar-refractivity contribution in [3.8, 4) is 0 Å². The van der Waals surface area contributed by atoms with Crippen molar-refractivity contribution in [1.29, 1.82) is 0 Å². The number of unbranched alkanes of at least 4 members (excludes halogenated alkanes) is 31. The van der Waals surface area contributed by atoms with Gasteiger partial charge in [-0.1, -0.05) is 248 Å². The molecule has 0 unspecified atom stereocenters. The number of hydrogen-bond acceptors (Lipinski definition) is 6. The van der Waals surface area contributed by atoms with Gasteiger partial charge in [0.05, 0.1) is 0 Å². The molecule has 0 aliphatic carbocycles. The first kappa shape index (κ1) is 64.1. The van der Waals surface area contributed by atoms with Crippen molar-refractivity contribution < 1.29 is 28.6 Å². The molecule has 0 aliphatic rings. The van der Waals surface area contributed by atoms with E-state index < -0.39 is 6.10 Å². The first-order valence-corrected chi connectivity index (χ1v) is 28.8. The predicted octanol–water partition coefficient (Wildman–Crippen LogP) is 19.2. The highest BCUT2D eigenvalue weighted by Gasteiger charge is 2.19. The quantitative estimate of drug-likeness (QED) is 0.0262. The van der Waals surface area contributed by atoms with Crippen LogP contribution in [0.2, 0.25) is 0 Å². The maximum Gasteiger partial charge on any atom is 0.306 e. The molecular formula is C61H108O6. The van der Waals surface area contributed by atoms with Gasteiger partial charge in [0, 0.05) is 19.3 Å². The van der Waals surface area contributed by atoms with Crippen molar-refractivity contribution in [2.75, 3.05) is 13.2 Å². The lowest BCUT2D eigenvalue weighted by Crippen LogP contribution is -2.30. The van der Waals surface area contributed by atoms with Crippen LogP contribution in [0.25, 0.3) is 0 Å². The van der Waals surface area contributed by atoms with Gasteiger partial charge in [-0.3, -0.25) is 14.4 Å². The Balaban J connectivity index is 4.43. The average molecular weight is 938 g/mol. The number of hydrogen-bond donors (Lipinski definition) is 0. The van der Waals surface area contributed by atoms with E-state index in [9.17, 15) is 14.4 Å². The summed E-state index contributed by atoms with van der Waals surface area (Å²) in [5.74, 6) is -0.941. The number of esters is 3. The normalized spacial score (nSPS) is 12.5. The number of carbonyl (C=O) groups is 3. The fourth-order valence-corrected chi connectivity index (χ4v) is 8.14. The summed E-state index contributed by atoms with van der Waals surface area (Å²) in [6.45, 7) is 6.58. The zero-order chi connectivity index (χ0) is 48.6. The van der Waals surface area contributed by atoms with Gasteiger partial charge in [0.25, 0.3) is 0 Å². The van der Waals surface area contributed by atoms with Crippen LogP contribution < -0.4 is 0 Å². The summed E-state index contributed by atoms with van der Waals surface area (Å²) in [6, 6.07) is 0. The fourth-order valence-electron chi connectivity index (χ4n) is 8.14. The predicted molar refractivity (Wildman–Crippen MR) is 288 cm³/mol. The van der Waals surface area contributed by atoms with Crippen molar-refractivity contribution in [3.05, 3.63) is 60.8 Å². The Morgan fingerprint density at radius 1 is 0.299 bits per heavy atom. The Bertz CT molecular complexity index is 1210. The van der Waals surface area contributed by atoms with E-state index in [4.69, 9.17) is 14.2 Å². The van der Waals surface area contributed by atoms with Crippen LogP contribution in [0.3, 0.4) is 0 Å². The van der Waals surface area contributed by atoms with E-state index in [1.165, 1.54) is 180 Å². The third kappa shape index (κ3) is 53.9. The highest BCUT2D eigenvalue weighted by molar-refractivity contribution is 5.71. The zero-order valence-corrected chi connectivity index (χ0v) is 44.4. The van der Waals surface area contributed by atoms with Gasteiger partial charge < -0.3 is 14.2 Å². The first-order chi connectivity index (χ1) is 33.0. The molecule has 0 amide bonds. The number of carbonyl (C=O) groups excluding carboxylic acids is 3. The van der Waals surface area contributed by atoms with Crippen molar-refractivity contribution in [3.63, 3.8) is 0 Å². The van der Waals surface area contributed by atoms with E-state index in [0.29, 0.717) is 19.3 Å². The highest BCUT2D eigenvalue weighted by Crippen LogP contribution is 2.16. The molecule has 0 fully saturated rings. The second-order valence-electron chi connectivity index (χ2n) is 19.2. The Morgan fingerprint density at radius 3 is 0.955 bits per heavy atom. The van der Waals surface area contributed by atoms with E-state index in [1.54, 1.807) is 0 Å². The van der Waals surface area contributed by atoms with E-state index >= 15 is 0 Å². The molecule has 0 bridgehead atoms. The molecule has 0 heterocycles. The van der Waals surface area contributed by atoms with Crippen LogP contribution >= 0.6 is 0 Å². The Morgan fingerprint density at radius 2 is 0.552 bits per heavy atom. The van der Waals surface area contributed by atoms with Gasteiger partial charge >= 0.3 is 17.9 Å². The molecule has 6 heteroatoms. The molecule has 0 radical (unpaired) electrons. The number of rotatable bonds is 52. The third-order valence-corrected chi connectivity index (χ3v) is 12.5. The summed E-state index contributed by atoms with van der Waals surface area (Å²) < 4.78 is 16.8. The van der Waals surface area contributed by atoms with Gasteiger partial charge in [-0.25, -0.2) is 0 Å². The van der Waals surface area contributed by atoms with Gasteiger partial charge in [0.1, 0.15) is 13.2 Å². The van der Waals surface area contributed by atoms with Crippen molar-refractivity contribution in [2.24, 2.45) is 0 Å². The SMILES string of the molecule is CCCCC/C=C\C/C=C\C/C=C\C/C=C\CCCC(=O)OC[C@H](COC(=O)CCCCCCCCCCCCCCCCCCC)OC(=O)CCCCCCCCC/C=C\CCCCCC. The smallest absolute Gasteiger partial charge is 0.306 e. The molecule has 6 nitrogen and oxygen atoms in total. The molecule has 1 atom stereocenters. The van der Waals surface area contributed by atoms with Crippen LogP contribution in [0.1, 0.15) is 290 Å². The van der Waals surface area contributed by atoms with Gasteiger partial charge in [-0.05, 0) is 83.5 Å². The molecule has 388 valence electrons. The summed E-state index contributed by atoms with van der Waals surface area (Å²) in [5.41, 5.74) is 0. The maximum absolute atomic E-state index is 12.8. The van der Waals surface area contributed by atoms with Crippen LogP contribution in [0, 0.1) is 0 Å². The summed E-state index contributed by atoms with van der Waals surface area (Å²) in [7, 11) is 0. The molecule has 0 aliphatic heterocycles. The van der Waals surface area contributed by atoms with Gasteiger partial charge in [-0.15, -0.1) is 0 Å². The van der Waals surface area contributed by atoms with Gasteiger partial charge in [0.2, 0.25) is 0 Å². The van der Waals surface area contributed by atoms with E-state index in [2.05, 4.69) is 81.5 Å². The number of ether oxygens (including phenoxy) is 3. The van der Waals surface area contributed by atoms with Crippen molar-refractivity contribution in [1.82, 2.24) is 0 Å². The molecule has 0 spiro atoms. The van der Waals surface area contributed by atoms with E-state index in [1.807, 2.05) is 0 Å². The summed E-state index contributed by atoms with van der Waals surface area (Å²) in [6.07, 6.45) is 69.3. The number of allylic oxidation sites excluding steroid dienone is 10. The van der Waals surface area contributed by atoms with E-state index in [0.717, 1.165) is 64.2 Å². The zero-order valence-electron chi connectivity index (χ0n) is 44.4. The lowest BCUT2D eigenvalue weighted by Gasteiger charge is -2.18. The van der Waals surface area contributed by atoms with Gasteiger partial charge in [-0.2, -0.15) is 0 Å². The third-order valence-electron chi connectivity index (χ3n) is 12.5. The molecule has 0 saturated carbocycles. The standard InChI is InChI=1S/C61H108O6/c1-4-7-10-13-16-19-22-25-28-30-33-35-38-41-44-47-50-53-59(62)65-56-58(67-61(64)55-52-49-46-43-40-37-32-27-24-21-18-15-12-9-6-3)57-66-60(63)54-51-48-45-42-39-36-34-31-29-26-23-20-17-14-11-8-5-2/h16,19,21,24-25,28,33,35,41,44,58H,4-15,17-18,20,22-23,26-27,29-32,34,36-40,42-43,45-57H2,1-3H3/b19-16-,24-21-,28-25-,35-33-,44-41-/t58-/m1/s1. The Labute approximate surface area is 415 Å². The summed E-state index contributed by atoms with van der Waals surface area (Å²) in [4.78, 5) is 38.1. The molecule has 0 rings (SSSR count). The molecule has 0 N–H and O–H groups in total. The average Bonchev–Trinajstić information content (AvgIpc) is 3.33. The highest BCUT2D eigenvalue weighted by atomic mass is 16.6.